The van der Waals surface area contributed by atoms with Gasteiger partial charge in [-0.15, -0.1) is 11.8 Å². The SMILES string of the molecule is CCOC(=O)C1C(C)=NC2=C(C(=O)CCC2)[C@H]1c1ccc(SC)cc1. The van der Waals surface area contributed by atoms with Crippen molar-refractivity contribution < 1.29 is 14.3 Å². The largest absolute Gasteiger partial charge is 0.465 e. The quantitative estimate of drug-likeness (QED) is 0.600. The second kappa shape index (κ2) is 7.56. The van der Waals surface area contributed by atoms with Crippen LogP contribution in [0.2, 0.25) is 0 Å². The Balaban J connectivity index is 2.11. The smallest absolute Gasteiger partial charge is 0.315 e. The predicted molar refractivity (Wildman–Crippen MR) is 100 cm³/mol. The third kappa shape index (κ3) is 3.43. The molecule has 0 radical (unpaired) electrons. The van der Waals surface area contributed by atoms with Crippen molar-refractivity contribution >= 4 is 29.2 Å². The number of thioether (sulfide) groups is 1. The minimum Gasteiger partial charge on any atom is -0.465 e. The van der Waals surface area contributed by atoms with Crippen molar-refractivity contribution in [2.24, 2.45) is 10.9 Å². The number of ether oxygens (including phenoxy) is 1. The molecule has 0 fully saturated rings. The molecule has 0 bridgehead atoms. The van der Waals surface area contributed by atoms with Gasteiger partial charge in [-0.05, 0) is 50.6 Å². The van der Waals surface area contributed by atoms with Crippen molar-refractivity contribution in [3.63, 3.8) is 0 Å². The van der Waals surface area contributed by atoms with E-state index in [4.69, 9.17) is 4.74 Å². The molecule has 1 aliphatic carbocycles. The fraction of sp³-hybridized carbons (Fsp3) is 0.450. The van der Waals surface area contributed by atoms with E-state index in [9.17, 15) is 9.59 Å². The summed E-state index contributed by atoms with van der Waals surface area (Å²) in [6, 6.07) is 8.12. The Morgan fingerprint density at radius 2 is 2.00 bits per heavy atom. The van der Waals surface area contributed by atoms with E-state index in [1.54, 1.807) is 18.7 Å². The minimum absolute atomic E-state index is 0.116. The molecule has 0 spiro atoms. The highest BCUT2D eigenvalue weighted by Gasteiger charge is 2.42. The molecular formula is C20H23NO3S. The molecule has 0 saturated heterocycles. The fourth-order valence-corrected chi connectivity index (χ4v) is 4.12. The van der Waals surface area contributed by atoms with Crippen LogP contribution in [0.4, 0.5) is 0 Å². The van der Waals surface area contributed by atoms with Gasteiger partial charge in [0.25, 0.3) is 0 Å². The summed E-state index contributed by atoms with van der Waals surface area (Å²) >= 11 is 1.67. The predicted octanol–water partition coefficient (Wildman–Crippen LogP) is 4.15. The van der Waals surface area contributed by atoms with Gasteiger partial charge in [0.05, 0.1) is 6.61 Å². The highest BCUT2D eigenvalue weighted by atomic mass is 32.2. The zero-order chi connectivity index (χ0) is 18.0. The molecule has 5 heteroatoms. The van der Waals surface area contributed by atoms with Gasteiger partial charge < -0.3 is 4.74 Å². The maximum absolute atomic E-state index is 12.7. The van der Waals surface area contributed by atoms with Crippen LogP contribution >= 0.6 is 11.8 Å². The van der Waals surface area contributed by atoms with Gasteiger partial charge in [0.15, 0.2) is 5.78 Å². The highest BCUT2D eigenvalue weighted by molar-refractivity contribution is 7.98. The second-order valence-corrected chi connectivity index (χ2v) is 7.25. The maximum atomic E-state index is 12.7. The van der Waals surface area contributed by atoms with Gasteiger partial charge in [0, 0.05) is 34.2 Å². The number of carbonyl (C=O) groups excluding carboxylic acids is 2. The number of benzene rings is 1. The van der Waals surface area contributed by atoms with Crippen LogP contribution in [0.3, 0.4) is 0 Å². The lowest BCUT2D eigenvalue weighted by molar-refractivity contribution is -0.146. The number of nitrogens with zero attached hydrogens (tertiary/aromatic N) is 1. The number of esters is 1. The Hall–Kier alpha value is -1.88. The molecule has 0 saturated carbocycles. The number of carbonyl (C=O) groups is 2. The van der Waals surface area contributed by atoms with Crippen LogP contribution < -0.4 is 0 Å². The molecule has 0 aromatic heterocycles. The van der Waals surface area contributed by atoms with Crippen molar-refractivity contribution in [1.29, 1.82) is 0 Å². The third-order valence-electron chi connectivity index (χ3n) is 4.85. The van der Waals surface area contributed by atoms with Crippen LogP contribution in [-0.4, -0.2) is 30.3 Å². The first-order chi connectivity index (χ1) is 12.1. The lowest BCUT2D eigenvalue weighted by atomic mass is 9.72. The van der Waals surface area contributed by atoms with Gasteiger partial charge >= 0.3 is 5.97 Å². The van der Waals surface area contributed by atoms with E-state index in [-0.39, 0.29) is 17.7 Å². The van der Waals surface area contributed by atoms with Gasteiger partial charge in [-0.1, -0.05) is 12.1 Å². The Kier molecular flexibility index (Phi) is 5.42. The molecule has 25 heavy (non-hydrogen) atoms. The van der Waals surface area contributed by atoms with Gasteiger partial charge in [0.1, 0.15) is 5.92 Å². The van der Waals surface area contributed by atoms with E-state index in [0.717, 1.165) is 34.7 Å². The summed E-state index contributed by atoms with van der Waals surface area (Å²) in [4.78, 5) is 31.1. The average molecular weight is 357 g/mol. The summed E-state index contributed by atoms with van der Waals surface area (Å²) in [7, 11) is 0. The molecule has 1 aliphatic heterocycles. The Labute approximate surface area is 152 Å². The van der Waals surface area contributed by atoms with Crippen molar-refractivity contribution in [2.75, 3.05) is 12.9 Å². The molecule has 2 aliphatic rings. The van der Waals surface area contributed by atoms with Gasteiger partial charge in [-0.3, -0.25) is 14.6 Å². The normalized spacial score (nSPS) is 23.2. The van der Waals surface area contributed by atoms with Crippen LogP contribution in [0, 0.1) is 5.92 Å². The summed E-state index contributed by atoms with van der Waals surface area (Å²) in [6.45, 7) is 3.99. The molecule has 2 atom stereocenters. The number of aliphatic imine (C=N–C) groups is 1. The van der Waals surface area contributed by atoms with Crippen LogP contribution in [0.15, 0.2) is 45.4 Å². The van der Waals surface area contributed by atoms with Crippen LogP contribution in [0.25, 0.3) is 0 Å². The molecule has 1 aromatic rings. The van der Waals surface area contributed by atoms with Crippen molar-refractivity contribution in [2.45, 2.75) is 43.9 Å². The van der Waals surface area contributed by atoms with Crippen LogP contribution in [0.5, 0.6) is 0 Å². The number of ketones is 1. The first-order valence-corrected chi connectivity index (χ1v) is 9.91. The fourth-order valence-electron chi connectivity index (χ4n) is 3.72. The average Bonchev–Trinajstić information content (AvgIpc) is 2.61. The maximum Gasteiger partial charge on any atom is 0.315 e. The summed E-state index contributed by atoms with van der Waals surface area (Å²) in [5.41, 5.74) is 3.29. The Morgan fingerprint density at radius 1 is 1.28 bits per heavy atom. The zero-order valence-electron chi connectivity index (χ0n) is 14.9. The molecule has 1 aromatic carbocycles. The van der Waals surface area contributed by atoms with E-state index in [0.29, 0.717) is 18.6 Å². The topological polar surface area (TPSA) is 55.7 Å². The molecule has 132 valence electrons. The minimum atomic E-state index is -0.527. The standard InChI is InChI=1S/C20H23NO3S/c1-4-24-20(23)17-12(2)21-15-6-5-7-16(22)19(15)18(17)13-8-10-14(25-3)11-9-13/h8-11,17-18H,4-7H2,1-3H3/t17?,18-/m0/s1. The van der Waals surface area contributed by atoms with Gasteiger partial charge in [-0.2, -0.15) is 0 Å². The number of allylic oxidation sites excluding steroid dienone is 2. The summed E-state index contributed by atoms with van der Waals surface area (Å²) in [5, 5.41) is 0. The summed E-state index contributed by atoms with van der Waals surface area (Å²) in [5.74, 6) is -1.01. The molecule has 0 amide bonds. The first-order valence-electron chi connectivity index (χ1n) is 8.68. The first kappa shape index (κ1) is 17.9. The summed E-state index contributed by atoms with van der Waals surface area (Å²) in [6.07, 6.45) is 4.19. The van der Waals surface area contributed by atoms with Crippen molar-refractivity contribution in [3.05, 3.63) is 41.1 Å². The zero-order valence-corrected chi connectivity index (χ0v) is 15.7. The molecule has 4 nitrogen and oxygen atoms in total. The van der Waals surface area contributed by atoms with Crippen LogP contribution in [-0.2, 0) is 14.3 Å². The molecule has 3 rings (SSSR count). The Bertz CT molecular complexity index is 749. The lowest BCUT2D eigenvalue weighted by Gasteiger charge is -2.34. The molecule has 0 N–H and O–H groups in total. The van der Waals surface area contributed by atoms with E-state index >= 15 is 0 Å². The number of hydrogen-bond acceptors (Lipinski definition) is 5. The number of hydrogen-bond donors (Lipinski definition) is 0. The Morgan fingerprint density at radius 3 is 2.64 bits per heavy atom. The van der Waals surface area contributed by atoms with Gasteiger partial charge in [-0.25, -0.2) is 0 Å². The second-order valence-electron chi connectivity index (χ2n) is 6.37. The summed E-state index contributed by atoms with van der Waals surface area (Å²) < 4.78 is 5.31. The number of Topliss-reactive ketones (excluding diaryl/α,β-unsaturated/α-hetero) is 1. The van der Waals surface area contributed by atoms with Gasteiger partial charge in [0.2, 0.25) is 0 Å². The van der Waals surface area contributed by atoms with E-state index < -0.39 is 5.92 Å². The van der Waals surface area contributed by atoms with E-state index in [1.807, 2.05) is 37.4 Å². The third-order valence-corrected chi connectivity index (χ3v) is 5.59. The number of rotatable bonds is 4. The van der Waals surface area contributed by atoms with Crippen molar-refractivity contribution in [3.8, 4) is 0 Å². The van der Waals surface area contributed by atoms with E-state index in [2.05, 4.69) is 4.99 Å². The highest BCUT2D eigenvalue weighted by Crippen LogP contribution is 2.43. The van der Waals surface area contributed by atoms with E-state index in [1.165, 1.54) is 0 Å². The molecular weight excluding hydrogens is 334 g/mol. The van der Waals surface area contributed by atoms with Crippen LogP contribution in [0.1, 0.15) is 44.6 Å². The monoisotopic (exact) mass is 357 g/mol. The molecule has 1 heterocycles. The van der Waals surface area contributed by atoms with Crippen molar-refractivity contribution in [1.82, 2.24) is 0 Å². The lowest BCUT2D eigenvalue weighted by Crippen LogP contribution is -2.37. The molecule has 1 unspecified atom stereocenters.